The molecule has 2 rings (SSSR count). The summed E-state index contributed by atoms with van der Waals surface area (Å²) in [5.74, 6) is 1.73. The number of hydrogen-bond donors (Lipinski definition) is 1. The van der Waals surface area contributed by atoms with Gasteiger partial charge in [-0.15, -0.1) is 0 Å². The van der Waals surface area contributed by atoms with Crippen molar-refractivity contribution in [3.8, 4) is 5.75 Å². The molecular formula is C21H26FNO2S. The monoisotopic (exact) mass is 375 g/mol. The molecule has 2 aromatic rings. The van der Waals surface area contributed by atoms with E-state index in [9.17, 15) is 9.18 Å². The van der Waals surface area contributed by atoms with E-state index in [0.29, 0.717) is 30.0 Å². The number of carbonyl (C=O) groups is 1. The van der Waals surface area contributed by atoms with Crippen LogP contribution in [-0.2, 0) is 17.0 Å². The normalized spacial score (nSPS) is 11.8. The minimum absolute atomic E-state index is 0.112. The van der Waals surface area contributed by atoms with Crippen LogP contribution in [0.5, 0.6) is 5.75 Å². The molecule has 0 fully saturated rings. The third-order valence-corrected chi connectivity index (χ3v) is 5.04. The zero-order chi connectivity index (χ0) is 18.8. The molecule has 0 radical (unpaired) electrons. The Bertz CT molecular complexity index is 691. The van der Waals surface area contributed by atoms with Gasteiger partial charge in [0.2, 0.25) is 0 Å². The van der Waals surface area contributed by atoms with E-state index in [-0.39, 0.29) is 11.7 Å². The zero-order valence-electron chi connectivity index (χ0n) is 15.3. The molecule has 0 spiro atoms. The van der Waals surface area contributed by atoms with Gasteiger partial charge >= 0.3 is 0 Å². The van der Waals surface area contributed by atoms with E-state index in [4.69, 9.17) is 4.74 Å². The van der Waals surface area contributed by atoms with Crippen LogP contribution in [0.25, 0.3) is 0 Å². The fraction of sp³-hybridized carbons (Fsp3) is 0.381. The Morgan fingerprint density at radius 2 is 1.88 bits per heavy atom. The van der Waals surface area contributed by atoms with Crippen molar-refractivity contribution in [3.05, 3.63) is 65.5 Å². The van der Waals surface area contributed by atoms with Crippen LogP contribution >= 0.6 is 11.8 Å². The maximum atomic E-state index is 13.5. The number of nitrogens with one attached hydrogen (secondary N) is 1. The summed E-state index contributed by atoms with van der Waals surface area (Å²) in [5, 5.41) is 2.90. The molecule has 0 aliphatic rings. The van der Waals surface area contributed by atoms with Crippen molar-refractivity contribution in [3.63, 3.8) is 0 Å². The third kappa shape index (κ3) is 6.37. The summed E-state index contributed by atoms with van der Waals surface area (Å²) in [6.45, 7) is 4.56. The minimum Gasteiger partial charge on any atom is -0.481 e. The number of carbonyl (C=O) groups excluding carboxylic acids is 1. The predicted octanol–water partition coefficient (Wildman–Crippen LogP) is 4.60. The van der Waals surface area contributed by atoms with Crippen molar-refractivity contribution in [1.82, 2.24) is 5.32 Å². The lowest BCUT2D eigenvalue weighted by atomic mass is 10.2. The highest BCUT2D eigenvalue weighted by atomic mass is 32.2. The van der Waals surface area contributed by atoms with E-state index >= 15 is 0 Å². The lowest BCUT2D eigenvalue weighted by Crippen LogP contribution is -2.39. The first-order valence-electron chi connectivity index (χ1n) is 8.98. The first kappa shape index (κ1) is 20.3. The molecule has 0 saturated carbocycles. The standard InChI is InChI=1S/C21H26FNO2S/c1-3-16-9-11-18(12-10-16)25-20(4-2)21(24)23-13-14-26-15-17-7-5-6-8-19(17)22/h5-12,20H,3-4,13-15H2,1-2H3,(H,23,24)/t20-/m0/s1. The van der Waals surface area contributed by atoms with Crippen LogP contribution in [0.2, 0.25) is 0 Å². The van der Waals surface area contributed by atoms with Crippen LogP contribution in [0.15, 0.2) is 48.5 Å². The van der Waals surface area contributed by atoms with Crippen LogP contribution in [-0.4, -0.2) is 24.3 Å². The van der Waals surface area contributed by atoms with E-state index in [1.807, 2.05) is 37.3 Å². The SMILES string of the molecule is CCc1ccc(O[C@@H](CC)C(=O)NCCSCc2ccccc2F)cc1. The number of benzene rings is 2. The van der Waals surface area contributed by atoms with Gasteiger partial charge in [-0.1, -0.05) is 44.2 Å². The summed E-state index contributed by atoms with van der Waals surface area (Å²) in [7, 11) is 0. The lowest BCUT2D eigenvalue weighted by Gasteiger charge is -2.17. The molecule has 1 atom stereocenters. The third-order valence-electron chi connectivity index (χ3n) is 4.03. The largest absolute Gasteiger partial charge is 0.481 e. The second-order valence-electron chi connectivity index (χ2n) is 5.95. The quantitative estimate of drug-likeness (QED) is 0.617. The number of halogens is 1. The topological polar surface area (TPSA) is 38.3 Å². The summed E-state index contributed by atoms with van der Waals surface area (Å²) in [6, 6.07) is 14.6. The molecule has 0 heterocycles. The molecule has 3 nitrogen and oxygen atoms in total. The fourth-order valence-corrected chi connectivity index (χ4v) is 3.29. The van der Waals surface area contributed by atoms with Crippen molar-refractivity contribution >= 4 is 17.7 Å². The molecule has 0 bridgehead atoms. The summed E-state index contributed by atoms with van der Waals surface area (Å²) in [5.41, 5.74) is 1.93. The van der Waals surface area contributed by atoms with Gasteiger partial charge in [-0.05, 0) is 42.2 Å². The molecule has 1 N–H and O–H groups in total. The summed E-state index contributed by atoms with van der Waals surface area (Å²) in [6.07, 6.45) is 1.07. The average Bonchev–Trinajstić information content (AvgIpc) is 2.67. The van der Waals surface area contributed by atoms with E-state index < -0.39 is 6.10 Å². The van der Waals surface area contributed by atoms with Gasteiger partial charge < -0.3 is 10.1 Å². The molecule has 0 unspecified atom stereocenters. The maximum absolute atomic E-state index is 13.5. The highest BCUT2D eigenvalue weighted by Gasteiger charge is 2.17. The Kier molecular flexibility index (Phi) is 8.48. The molecular weight excluding hydrogens is 349 g/mol. The van der Waals surface area contributed by atoms with Gasteiger partial charge in [-0.2, -0.15) is 11.8 Å². The van der Waals surface area contributed by atoms with Gasteiger partial charge in [-0.3, -0.25) is 4.79 Å². The molecule has 140 valence electrons. The van der Waals surface area contributed by atoms with E-state index in [2.05, 4.69) is 12.2 Å². The van der Waals surface area contributed by atoms with Crippen molar-refractivity contribution in [2.75, 3.05) is 12.3 Å². The second-order valence-corrected chi connectivity index (χ2v) is 7.05. The summed E-state index contributed by atoms with van der Waals surface area (Å²) in [4.78, 5) is 12.3. The van der Waals surface area contributed by atoms with Gasteiger partial charge in [0.1, 0.15) is 11.6 Å². The Balaban J connectivity index is 1.71. The Labute approximate surface area is 159 Å². The molecule has 1 amide bonds. The Morgan fingerprint density at radius 1 is 1.15 bits per heavy atom. The molecule has 0 aliphatic carbocycles. The summed E-state index contributed by atoms with van der Waals surface area (Å²) < 4.78 is 19.3. The lowest BCUT2D eigenvalue weighted by molar-refractivity contribution is -0.127. The van der Waals surface area contributed by atoms with Crippen molar-refractivity contribution < 1.29 is 13.9 Å². The molecule has 2 aromatic carbocycles. The van der Waals surface area contributed by atoms with Gasteiger partial charge in [0.05, 0.1) is 0 Å². The first-order chi connectivity index (χ1) is 12.6. The van der Waals surface area contributed by atoms with Gasteiger partial charge in [0.25, 0.3) is 5.91 Å². The summed E-state index contributed by atoms with van der Waals surface area (Å²) >= 11 is 1.59. The zero-order valence-corrected chi connectivity index (χ0v) is 16.2. The molecule has 26 heavy (non-hydrogen) atoms. The van der Waals surface area contributed by atoms with Crippen LogP contribution in [0.4, 0.5) is 4.39 Å². The van der Waals surface area contributed by atoms with Gasteiger partial charge in [-0.25, -0.2) is 4.39 Å². The maximum Gasteiger partial charge on any atom is 0.261 e. The van der Waals surface area contributed by atoms with Crippen LogP contribution in [0.3, 0.4) is 0 Å². The van der Waals surface area contributed by atoms with Gasteiger partial charge in [0, 0.05) is 18.1 Å². The Hall–Kier alpha value is -2.01. The molecule has 0 aliphatic heterocycles. The van der Waals surface area contributed by atoms with E-state index in [1.54, 1.807) is 23.9 Å². The molecule has 5 heteroatoms. The van der Waals surface area contributed by atoms with E-state index in [0.717, 1.165) is 12.2 Å². The number of rotatable bonds is 10. The van der Waals surface area contributed by atoms with E-state index in [1.165, 1.54) is 11.6 Å². The van der Waals surface area contributed by atoms with Gasteiger partial charge in [0.15, 0.2) is 6.10 Å². The highest BCUT2D eigenvalue weighted by molar-refractivity contribution is 7.98. The number of aryl methyl sites for hydroxylation is 1. The molecule has 0 saturated heterocycles. The fourth-order valence-electron chi connectivity index (χ4n) is 2.45. The number of hydrogen-bond acceptors (Lipinski definition) is 3. The predicted molar refractivity (Wildman–Crippen MR) is 106 cm³/mol. The van der Waals surface area contributed by atoms with Crippen molar-refractivity contribution in [2.45, 2.75) is 38.5 Å². The van der Waals surface area contributed by atoms with Crippen molar-refractivity contribution in [1.29, 1.82) is 0 Å². The minimum atomic E-state index is -0.501. The first-order valence-corrected chi connectivity index (χ1v) is 10.1. The number of ether oxygens (including phenoxy) is 1. The second kappa shape index (κ2) is 10.9. The number of thioether (sulfide) groups is 1. The average molecular weight is 376 g/mol. The Morgan fingerprint density at radius 3 is 2.54 bits per heavy atom. The smallest absolute Gasteiger partial charge is 0.261 e. The van der Waals surface area contributed by atoms with Crippen LogP contribution in [0.1, 0.15) is 31.4 Å². The highest BCUT2D eigenvalue weighted by Crippen LogP contribution is 2.16. The number of amides is 1. The van der Waals surface area contributed by atoms with Crippen LogP contribution in [0, 0.1) is 5.82 Å². The van der Waals surface area contributed by atoms with Crippen LogP contribution < -0.4 is 10.1 Å². The van der Waals surface area contributed by atoms with Crippen molar-refractivity contribution in [2.24, 2.45) is 0 Å². The molecule has 0 aromatic heterocycles.